The molecular formula is C17H27NO3. The topological polar surface area (TPSA) is 61.5 Å². The Morgan fingerprint density at radius 3 is 2.38 bits per heavy atom. The summed E-state index contributed by atoms with van der Waals surface area (Å²) < 4.78 is 10.8. The number of hydrogen-bond donors (Lipinski definition) is 1. The molecule has 2 N–H and O–H groups in total. The Bertz CT molecular complexity index is 501. The van der Waals surface area contributed by atoms with Gasteiger partial charge in [-0.25, -0.2) is 4.79 Å². The van der Waals surface area contributed by atoms with Gasteiger partial charge in [-0.2, -0.15) is 0 Å². The standard InChI is InChI=1S/C17H27NO3/c1-7-20-15(19)17(6,18)11-21-14-9-8-12(2)10-13(14)16(3,4)5/h8-10H,7,11,18H2,1-6H3. The molecule has 0 saturated heterocycles. The zero-order valence-electron chi connectivity index (χ0n) is 13.9. The van der Waals surface area contributed by atoms with Gasteiger partial charge in [-0.3, -0.25) is 0 Å². The minimum atomic E-state index is -1.16. The second-order valence-corrected chi connectivity index (χ2v) is 6.68. The number of carbonyl (C=O) groups is 1. The Morgan fingerprint density at radius 1 is 1.24 bits per heavy atom. The lowest BCUT2D eigenvalue weighted by atomic mass is 9.85. The van der Waals surface area contributed by atoms with Gasteiger partial charge in [0.05, 0.1) is 6.61 Å². The molecule has 0 aliphatic heterocycles. The van der Waals surface area contributed by atoms with Crippen LogP contribution in [0.1, 0.15) is 45.7 Å². The van der Waals surface area contributed by atoms with Gasteiger partial charge in [0, 0.05) is 0 Å². The van der Waals surface area contributed by atoms with Crippen LogP contribution >= 0.6 is 0 Å². The van der Waals surface area contributed by atoms with E-state index in [-0.39, 0.29) is 12.0 Å². The van der Waals surface area contributed by atoms with Crippen molar-refractivity contribution < 1.29 is 14.3 Å². The summed E-state index contributed by atoms with van der Waals surface area (Å²) in [5.41, 5.74) is 7.06. The van der Waals surface area contributed by atoms with E-state index in [0.29, 0.717) is 6.61 Å². The zero-order valence-corrected chi connectivity index (χ0v) is 13.9. The van der Waals surface area contributed by atoms with E-state index in [1.54, 1.807) is 13.8 Å². The van der Waals surface area contributed by atoms with Crippen LogP contribution < -0.4 is 10.5 Å². The fraction of sp³-hybridized carbons (Fsp3) is 0.588. The van der Waals surface area contributed by atoms with Crippen LogP contribution in [-0.4, -0.2) is 24.7 Å². The van der Waals surface area contributed by atoms with Gasteiger partial charge >= 0.3 is 5.97 Å². The van der Waals surface area contributed by atoms with Gasteiger partial charge in [-0.05, 0) is 37.8 Å². The van der Waals surface area contributed by atoms with Crippen LogP contribution in [0.3, 0.4) is 0 Å². The van der Waals surface area contributed by atoms with Gasteiger partial charge in [0.2, 0.25) is 0 Å². The van der Waals surface area contributed by atoms with Gasteiger partial charge in [-0.15, -0.1) is 0 Å². The largest absolute Gasteiger partial charge is 0.491 e. The minimum Gasteiger partial charge on any atom is -0.491 e. The molecule has 0 bridgehead atoms. The van der Waals surface area contributed by atoms with E-state index in [1.165, 1.54) is 5.56 Å². The van der Waals surface area contributed by atoms with Crippen molar-refractivity contribution in [2.24, 2.45) is 5.73 Å². The summed E-state index contributed by atoms with van der Waals surface area (Å²) in [5.74, 6) is 0.309. The molecule has 21 heavy (non-hydrogen) atoms. The van der Waals surface area contributed by atoms with Crippen molar-refractivity contribution in [1.82, 2.24) is 0 Å². The van der Waals surface area contributed by atoms with Crippen LogP contribution in [0.5, 0.6) is 5.75 Å². The van der Waals surface area contributed by atoms with E-state index in [1.807, 2.05) is 19.1 Å². The monoisotopic (exact) mass is 293 g/mol. The van der Waals surface area contributed by atoms with Gasteiger partial charge in [0.25, 0.3) is 0 Å². The molecule has 0 heterocycles. The molecule has 1 unspecified atom stereocenters. The molecule has 1 aromatic rings. The van der Waals surface area contributed by atoms with Crippen LogP contribution in [0.25, 0.3) is 0 Å². The number of carbonyl (C=O) groups excluding carboxylic acids is 1. The molecule has 118 valence electrons. The Hall–Kier alpha value is -1.55. The third kappa shape index (κ3) is 4.74. The summed E-state index contributed by atoms with van der Waals surface area (Å²) in [5, 5.41) is 0. The number of esters is 1. The molecule has 4 heteroatoms. The first-order valence-corrected chi connectivity index (χ1v) is 7.28. The molecule has 0 aromatic heterocycles. The first-order valence-electron chi connectivity index (χ1n) is 7.28. The highest BCUT2D eigenvalue weighted by molar-refractivity contribution is 5.80. The zero-order chi connectivity index (χ0) is 16.3. The molecule has 0 aliphatic carbocycles. The summed E-state index contributed by atoms with van der Waals surface area (Å²) in [6.45, 7) is 12.2. The molecule has 1 rings (SSSR count). The fourth-order valence-electron chi connectivity index (χ4n) is 1.94. The van der Waals surface area contributed by atoms with Crippen molar-refractivity contribution in [3.05, 3.63) is 29.3 Å². The number of benzene rings is 1. The van der Waals surface area contributed by atoms with Crippen molar-refractivity contribution in [2.75, 3.05) is 13.2 Å². The molecule has 0 spiro atoms. The van der Waals surface area contributed by atoms with Crippen molar-refractivity contribution >= 4 is 5.97 Å². The molecule has 1 aromatic carbocycles. The van der Waals surface area contributed by atoms with Gasteiger partial charge in [0.15, 0.2) is 0 Å². The normalized spacial score (nSPS) is 14.4. The van der Waals surface area contributed by atoms with Gasteiger partial charge in [-0.1, -0.05) is 38.5 Å². The Morgan fingerprint density at radius 2 is 1.86 bits per heavy atom. The van der Waals surface area contributed by atoms with Crippen molar-refractivity contribution in [2.45, 2.75) is 52.5 Å². The van der Waals surface area contributed by atoms with Crippen LogP contribution in [-0.2, 0) is 14.9 Å². The fourth-order valence-corrected chi connectivity index (χ4v) is 1.94. The lowest BCUT2D eigenvalue weighted by Gasteiger charge is -2.27. The molecule has 0 amide bonds. The van der Waals surface area contributed by atoms with E-state index in [2.05, 4.69) is 26.8 Å². The summed E-state index contributed by atoms with van der Waals surface area (Å²) in [4.78, 5) is 11.8. The molecule has 0 radical (unpaired) electrons. The maximum Gasteiger partial charge on any atom is 0.329 e. The second kappa shape index (κ2) is 6.48. The van der Waals surface area contributed by atoms with Crippen LogP contribution in [0.15, 0.2) is 18.2 Å². The average molecular weight is 293 g/mol. The van der Waals surface area contributed by atoms with Gasteiger partial charge < -0.3 is 15.2 Å². The average Bonchev–Trinajstić information content (AvgIpc) is 2.36. The van der Waals surface area contributed by atoms with E-state index in [0.717, 1.165) is 11.3 Å². The summed E-state index contributed by atoms with van der Waals surface area (Å²) in [6.07, 6.45) is 0. The number of nitrogens with two attached hydrogens (primary N) is 1. The highest BCUT2D eigenvalue weighted by Gasteiger charge is 2.31. The van der Waals surface area contributed by atoms with E-state index in [9.17, 15) is 4.79 Å². The number of ether oxygens (including phenoxy) is 2. The SMILES string of the molecule is CCOC(=O)C(C)(N)COc1ccc(C)cc1C(C)(C)C. The first kappa shape index (κ1) is 17.5. The van der Waals surface area contributed by atoms with E-state index < -0.39 is 11.5 Å². The highest BCUT2D eigenvalue weighted by Crippen LogP contribution is 2.32. The molecule has 4 nitrogen and oxygen atoms in total. The smallest absolute Gasteiger partial charge is 0.329 e. The Kier molecular flexibility index (Phi) is 5.40. The Balaban J connectivity index is 2.92. The lowest BCUT2D eigenvalue weighted by Crippen LogP contribution is -2.51. The summed E-state index contributed by atoms with van der Waals surface area (Å²) in [7, 11) is 0. The molecular weight excluding hydrogens is 266 g/mol. The van der Waals surface area contributed by atoms with Crippen molar-refractivity contribution in [3.8, 4) is 5.75 Å². The Labute approximate surface area is 127 Å². The minimum absolute atomic E-state index is 0.0454. The maximum atomic E-state index is 11.8. The van der Waals surface area contributed by atoms with Gasteiger partial charge in [0.1, 0.15) is 17.9 Å². The number of hydrogen-bond acceptors (Lipinski definition) is 4. The highest BCUT2D eigenvalue weighted by atomic mass is 16.5. The molecule has 0 aliphatic rings. The number of rotatable bonds is 5. The second-order valence-electron chi connectivity index (χ2n) is 6.68. The quantitative estimate of drug-likeness (QED) is 0.848. The van der Waals surface area contributed by atoms with E-state index >= 15 is 0 Å². The van der Waals surface area contributed by atoms with Crippen molar-refractivity contribution in [1.29, 1.82) is 0 Å². The summed E-state index contributed by atoms with van der Waals surface area (Å²) >= 11 is 0. The number of aryl methyl sites for hydroxylation is 1. The third-order valence-corrected chi connectivity index (χ3v) is 3.21. The van der Waals surface area contributed by atoms with Crippen LogP contribution in [0.4, 0.5) is 0 Å². The third-order valence-electron chi connectivity index (χ3n) is 3.21. The summed E-state index contributed by atoms with van der Waals surface area (Å²) in [6, 6.07) is 6.02. The molecule has 0 fully saturated rings. The molecule has 1 atom stereocenters. The predicted octanol–water partition coefficient (Wildman–Crippen LogP) is 2.95. The van der Waals surface area contributed by atoms with Crippen molar-refractivity contribution in [3.63, 3.8) is 0 Å². The predicted molar refractivity (Wildman–Crippen MR) is 84.6 cm³/mol. The maximum absolute atomic E-state index is 11.8. The van der Waals surface area contributed by atoms with Crippen LogP contribution in [0.2, 0.25) is 0 Å². The van der Waals surface area contributed by atoms with Crippen LogP contribution in [0, 0.1) is 6.92 Å². The first-order chi connectivity index (χ1) is 9.58. The van der Waals surface area contributed by atoms with E-state index in [4.69, 9.17) is 15.2 Å². The molecule has 0 saturated carbocycles. The lowest BCUT2D eigenvalue weighted by molar-refractivity contribution is -0.150.